The molecule has 0 saturated heterocycles. The van der Waals surface area contributed by atoms with Crippen LogP contribution in [0.4, 0.5) is 5.69 Å². The summed E-state index contributed by atoms with van der Waals surface area (Å²) in [5.74, 6) is -0.292. The summed E-state index contributed by atoms with van der Waals surface area (Å²) in [6.07, 6.45) is 2.19. The van der Waals surface area contributed by atoms with Gasteiger partial charge in [-0.1, -0.05) is 6.92 Å². The third-order valence-corrected chi connectivity index (χ3v) is 4.27. The lowest BCUT2D eigenvalue weighted by molar-refractivity contribution is 0.0943. The Morgan fingerprint density at radius 2 is 2.10 bits per heavy atom. The maximum atomic E-state index is 12.1. The SMILES string of the molecule is CCCN1C=NS(=O)(=O)c2cc(C(=O)NC(C)C)ccc21. The average molecular weight is 309 g/mol. The van der Waals surface area contributed by atoms with E-state index in [9.17, 15) is 13.2 Å². The average Bonchev–Trinajstić information content (AvgIpc) is 2.41. The molecule has 2 rings (SSSR count). The second-order valence-corrected chi connectivity index (χ2v) is 6.80. The number of carbonyl (C=O) groups is 1. The summed E-state index contributed by atoms with van der Waals surface area (Å²) in [6, 6.07) is 4.66. The second-order valence-electron chi connectivity index (χ2n) is 5.20. The minimum atomic E-state index is -3.73. The first-order chi connectivity index (χ1) is 9.85. The van der Waals surface area contributed by atoms with Crippen LogP contribution in [0.25, 0.3) is 0 Å². The molecule has 1 aromatic rings. The van der Waals surface area contributed by atoms with Crippen LogP contribution in [-0.4, -0.2) is 33.3 Å². The van der Waals surface area contributed by atoms with E-state index in [4.69, 9.17) is 0 Å². The van der Waals surface area contributed by atoms with Crippen LogP contribution in [0.2, 0.25) is 0 Å². The van der Waals surface area contributed by atoms with Gasteiger partial charge in [0.05, 0.1) is 5.69 Å². The maximum Gasteiger partial charge on any atom is 0.285 e. The number of hydrogen-bond acceptors (Lipinski definition) is 4. The predicted molar refractivity (Wildman–Crippen MR) is 82.4 cm³/mol. The van der Waals surface area contributed by atoms with E-state index >= 15 is 0 Å². The van der Waals surface area contributed by atoms with E-state index in [0.717, 1.165) is 6.42 Å². The minimum Gasteiger partial charge on any atom is -0.350 e. The highest BCUT2D eigenvalue weighted by Gasteiger charge is 2.26. The quantitative estimate of drug-likeness (QED) is 0.919. The number of carbonyl (C=O) groups excluding carboxylic acids is 1. The van der Waals surface area contributed by atoms with Crippen LogP contribution in [0.1, 0.15) is 37.6 Å². The Labute approximate surface area is 124 Å². The van der Waals surface area contributed by atoms with Gasteiger partial charge in [-0.2, -0.15) is 8.42 Å². The molecule has 1 aromatic carbocycles. The lowest BCUT2D eigenvalue weighted by Crippen LogP contribution is -2.31. The molecule has 0 aliphatic carbocycles. The number of rotatable bonds is 4. The standard InChI is InChI=1S/C14H19N3O3S/c1-4-7-17-9-15-21(19,20)13-8-11(5-6-12(13)17)14(18)16-10(2)3/h5-6,8-10H,4,7H2,1-3H3,(H,16,18). The van der Waals surface area contributed by atoms with E-state index in [1.165, 1.54) is 12.4 Å². The van der Waals surface area contributed by atoms with E-state index < -0.39 is 10.0 Å². The lowest BCUT2D eigenvalue weighted by atomic mass is 10.1. The van der Waals surface area contributed by atoms with E-state index in [0.29, 0.717) is 17.8 Å². The number of sulfonamides is 1. The van der Waals surface area contributed by atoms with E-state index in [1.54, 1.807) is 17.0 Å². The van der Waals surface area contributed by atoms with Crippen molar-refractivity contribution in [3.05, 3.63) is 23.8 Å². The number of amides is 1. The number of fused-ring (bicyclic) bond motifs is 1. The molecular weight excluding hydrogens is 290 g/mol. The molecule has 1 aliphatic rings. The van der Waals surface area contributed by atoms with Crippen LogP contribution in [0.5, 0.6) is 0 Å². The summed E-state index contributed by atoms with van der Waals surface area (Å²) < 4.78 is 27.7. The first kappa shape index (κ1) is 15.5. The number of nitrogens with zero attached hydrogens (tertiary/aromatic N) is 2. The van der Waals surface area contributed by atoms with Crippen molar-refractivity contribution in [1.29, 1.82) is 0 Å². The van der Waals surface area contributed by atoms with Gasteiger partial charge < -0.3 is 10.2 Å². The molecule has 0 radical (unpaired) electrons. The van der Waals surface area contributed by atoms with E-state index in [2.05, 4.69) is 9.71 Å². The molecule has 1 N–H and O–H groups in total. The van der Waals surface area contributed by atoms with Gasteiger partial charge in [-0.3, -0.25) is 4.79 Å². The Morgan fingerprint density at radius 1 is 1.38 bits per heavy atom. The Bertz CT molecular complexity index is 681. The monoisotopic (exact) mass is 309 g/mol. The summed E-state index contributed by atoms with van der Waals surface area (Å²) in [5.41, 5.74) is 0.882. The Balaban J connectivity index is 2.45. The zero-order valence-corrected chi connectivity index (χ0v) is 13.1. The van der Waals surface area contributed by atoms with Crippen LogP contribution in [0.3, 0.4) is 0 Å². The zero-order chi connectivity index (χ0) is 15.6. The summed E-state index contributed by atoms with van der Waals surface area (Å²) in [4.78, 5) is 13.9. The van der Waals surface area contributed by atoms with Crippen LogP contribution >= 0.6 is 0 Å². The lowest BCUT2D eigenvalue weighted by Gasteiger charge is -2.25. The number of hydrogen-bond donors (Lipinski definition) is 1. The van der Waals surface area contributed by atoms with Crippen molar-refractivity contribution in [2.75, 3.05) is 11.4 Å². The molecule has 21 heavy (non-hydrogen) atoms. The van der Waals surface area contributed by atoms with Gasteiger partial charge in [0.25, 0.3) is 15.9 Å². The second kappa shape index (κ2) is 5.85. The third-order valence-electron chi connectivity index (χ3n) is 3.02. The summed E-state index contributed by atoms with van der Waals surface area (Å²) in [6.45, 7) is 6.37. The topological polar surface area (TPSA) is 78.8 Å². The molecule has 1 heterocycles. The fourth-order valence-electron chi connectivity index (χ4n) is 2.10. The molecule has 1 aliphatic heterocycles. The highest BCUT2D eigenvalue weighted by Crippen LogP contribution is 2.30. The first-order valence-electron chi connectivity index (χ1n) is 6.87. The van der Waals surface area contributed by atoms with Crippen molar-refractivity contribution in [3.8, 4) is 0 Å². The van der Waals surface area contributed by atoms with E-state index in [1.807, 2.05) is 20.8 Å². The van der Waals surface area contributed by atoms with Crippen molar-refractivity contribution in [2.24, 2.45) is 4.40 Å². The summed E-state index contributed by atoms with van der Waals surface area (Å²) in [7, 11) is -3.73. The van der Waals surface area contributed by atoms with Gasteiger partial charge >= 0.3 is 0 Å². The highest BCUT2D eigenvalue weighted by molar-refractivity contribution is 7.90. The molecule has 0 bridgehead atoms. The molecule has 0 unspecified atom stereocenters. The van der Waals surface area contributed by atoms with E-state index in [-0.39, 0.29) is 16.8 Å². The zero-order valence-electron chi connectivity index (χ0n) is 12.3. The summed E-state index contributed by atoms with van der Waals surface area (Å²) >= 11 is 0. The van der Waals surface area contributed by atoms with Gasteiger partial charge in [-0.25, -0.2) is 0 Å². The van der Waals surface area contributed by atoms with Gasteiger partial charge in [-0.15, -0.1) is 4.40 Å². The van der Waals surface area contributed by atoms with Crippen molar-refractivity contribution < 1.29 is 13.2 Å². The van der Waals surface area contributed by atoms with Crippen LogP contribution in [-0.2, 0) is 10.0 Å². The minimum absolute atomic E-state index is 0.0141. The molecule has 114 valence electrons. The Kier molecular flexibility index (Phi) is 4.32. The van der Waals surface area contributed by atoms with Crippen molar-refractivity contribution >= 4 is 28.0 Å². The van der Waals surface area contributed by atoms with Crippen molar-refractivity contribution in [2.45, 2.75) is 38.1 Å². The van der Waals surface area contributed by atoms with Crippen molar-refractivity contribution in [3.63, 3.8) is 0 Å². The maximum absolute atomic E-state index is 12.1. The number of benzene rings is 1. The van der Waals surface area contributed by atoms with Crippen LogP contribution < -0.4 is 10.2 Å². The smallest absolute Gasteiger partial charge is 0.285 e. The number of anilines is 1. The molecule has 7 heteroatoms. The van der Waals surface area contributed by atoms with Crippen LogP contribution in [0, 0.1) is 0 Å². The first-order valence-corrected chi connectivity index (χ1v) is 8.31. The molecule has 6 nitrogen and oxygen atoms in total. The molecule has 0 spiro atoms. The normalized spacial score (nSPS) is 15.9. The van der Waals surface area contributed by atoms with Crippen molar-refractivity contribution in [1.82, 2.24) is 5.32 Å². The third kappa shape index (κ3) is 3.24. The van der Waals surface area contributed by atoms with Gasteiger partial charge in [-0.05, 0) is 38.5 Å². The number of nitrogens with one attached hydrogen (secondary N) is 1. The molecule has 1 amide bonds. The fraction of sp³-hybridized carbons (Fsp3) is 0.429. The highest BCUT2D eigenvalue weighted by atomic mass is 32.2. The van der Waals surface area contributed by atoms with Gasteiger partial charge in [0.2, 0.25) is 0 Å². The van der Waals surface area contributed by atoms with Gasteiger partial charge in [0.1, 0.15) is 11.2 Å². The van der Waals surface area contributed by atoms with Crippen LogP contribution in [0.15, 0.2) is 27.5 Å². The molecule has 0 aromatic heterocycles. The summed E-state index contributed by atoms with van der Waals surface area (Å²) in [5, 5.41) is 2.74. The molecule has 0 fully saturated rings. The molecule has 0 atom stereocenters. The predicted octanol–water partition coefficient (Wildman–Crippen LogP) is 1.77. The fourth-order valence-corrected chi connectivity index (χ4v) is 3.18. The van der Waals surface area contributed by atoms with Gasteiger partial charge in [0, 0.05) is 18.2 Å². The molecular formula is C14H19N3O3S. The largest absolute Gasteiger partial charge is 0.350 e. The van der Waals surface area contributed by atoms with Gasteiger partial charge in [0.15, 0.2) is 0 Å². The Hall–Kier alpha value is -1.89. The Morgan fingerprint density at radius 3 is 2.71 bits per heavy atom. The molecule has 0 saturated carbocycles.